The summed E-state index contributed by atoms with van der Waals surface area (Å²) in [4.78, 5) is 31.3. The van der Waals surface area contributed by atoms with Gasteiger partial charge < -0.3 is 24.5 Å². The number of amides is 1. The Labute approximate surface area is 199 Å². The summed E-state index contributed by atoms with van der Waals surface area (Å²) < 4.78 is 11.3. The highest BCUT2D eigenvalue weighted by molar-refractivity contribution is 6.46. The number of fused-ring (bicyclic) bond motifs is 1. The molecule has 0 saturated carbocycles. The van der Waals surface area contributed by atoms with Gasteiger partial charge in [-0.2, -0.15) is 0 Å². The zero-order valence-electron chi connectivity index (χ0n) is 20.0. The molecule has 1 aliphatic rings. The minimum absolute atomic E-state index is 0.0661. The summed E-state index contributed by atoms with van der Waals surface area (Å²) >= 11 is 0. The summed E-state index contributed by atoms with van der Waals surface area (Å²) in [6.07, 6.45) is 0.679. The normalized spacial score (nSPS) is 17.5. The van der Waals surface area contributed by atoms with Crippen molar-refractivity contribution < 1.29 is 24.2 Å². The SMILES string of the molecule is CCCN1C(=O)C(=O)/C(=C(/O)c2ccc(OCC)cc2OCC)C1c1c(C)[nH]c2ccccc12. The fourth-order valence-corrected chi connectivity index (χ4v) is 4.68. The summed E-state index contributed by atoms with van der Waals surface area (Å²) in [7, 11) is 0. The minimum Gasteiger partial charge on any atom is -0.507 e. The van der Waals surface area contributed by atoms with Crippen molar-refractivity contribution in [1.82, 2.24) is 9.88 Å². The third-order valence-corrected chi connectivity index (χ3v) is 6.04. The molecule has 2 heterocycles. The first-order chi connectivity index (χ1) is 16.4. The number of hydrogen-bond acceptors (Lipinski definition) is 5. The molecule has 1 aliphatic heterocycles. The average Bonchev–Trinajstić information content (AvgIpc) is 3.27. The van der Waals surface area contributed by atoms with Gasteiger partial charge in [-0.15, -0.1) is 0 Å². The predicted octanol–water partition coefficient (Wildman–Crippen LogP) is 5.11. The predicted molar refractivity (Wildman–Crippen MR) is 131 cm³/mol. The van der Waals surface area contributed by atoms with Crippen LogP contribution in [0.2, 0.25) is 0 Å². The van der Waals surface area contributed by atoms with E-state index in [1.807, 2.05) is 52.0 Å². The van der Waals surface area contributed by atoms with Gasteiger partial charge in [-0.05, 0) is 45.4 Å². The molecule has 1 amide bonds. The maximum absolute atomic E-state index is 13.3. The van der Waals surface area contributed by atoms with Crippen molar-refractivity contribution in [3.63, 3.8) is 0 Å². The van der Waals surface area contributed by atoms with Crippen molar-refractivity contribution >= 4 is 28.4 Å². The Morgan fingerprint density at radius 2 is 1.79 bits per heavy atom. The van der Waals surface area contributed by atoms with Crippen LogP contribution in [-0.2, 0) is 9.59 Å². The molecule has 4 rings (SSSR count). The number of carbonyl (C=O) groups is 2. The molecule has 0 radical (unpaired) electrons. The van der Waals surface area contributed by atoms with E-state index in [9.17, 15) is 14.7 Å². The fraction of sp³-hybridized carbons (Fsp3) is 0.333. The summed E-state index contributed by atoms with van der Waals surface area (Å²) in [6.45, 7) is 8.85. The molecule has 1 unspecified atom stereocenters. The van der Waals surface area contributed by atoms with Crippen molar-refractivity contribution in [2.75, 3.05) is 19.8 Å². The van der Waals surface area contributed by atoms with Crippen molar-refractivity contribution in [3.05, 3.63) is 64.9 Å². The number of aliphatic hydroxyl groups excluding tert-OH is 1. The first-order valence-corrected chi connectivity index (χ1v) is 11.7. The number of aromatic nitrogens is 1. The van der Waals surface area contributed by atoms with E-state index in [4.69, 9.17) is 9.47 Å². The number of hydrogen-bond donors (Lipinski definition) is 2. The van der Waals surface area contributed by atoms with Crippen LogP contribution in [0.4, 0.5) is 0 Å². The molecular formula is C27H30N2O5. The number of rotatable bonds is 8. The molecule has 2 N–H and O–H groups in total. The van der Waals surface area contributed by atoms with Crippen LogP contribution in [0, 0.1) is 6.92 Å². The van der Waals surface area contributed by atoms with Gasteiger partial charge in [-0.25, -0.2) is 0 Å². The average molecular weight is 463 g/mol. The van der Waals surface area contributed by atoms with Crippen LogP contribution in [0.25, 0.3) is 16.7 Å². The molecule has 1 saturated heterocycles. The van der Waals surface area contributed by atoms with Crippen LogP contribution in [0.15, 0.2) is 48.0 Å². The quantitative estimate of drug-likeness (QED) is 0.276. The van der Waals surface area contributed by atoms with Crippen molar-refractivity contribution in [3.8, 4) is 11.5 Å². The fourth-order valence-electron chi connectivity index (χ4n) is 4.68. The topological polar surface area (TPSA) is 91.9 Å². The smallest absolute Gasteiger partial charge is 0.295 e. The van der Waals surface area contributed by atoms with Gasteiger partial charge in [-0.1, -0.05) is 25.1 Å². The highest BCUT2D eigenvalue weighted by Crippen LogP contribution is 2.44. The van der Waals surface area contributed by atoms with Crippen molar-refractivity contribution in [2.24, 2.45) is 0 Å². The van der Waals surface area contributed by atoms with E-state index < -0.39 is 17.7 Å². The largest absolute Gasteiger partial charge is 0.507 e. The number of aromatic amines is 1. The van der Waals surface area contributed by atoms with E-state index >= 15 is 0 Å². The van der Waals surface area contributed by atoms with Gasteiger partial charge in [0.1, 0.15) is 17.3 Å². The Morgan fingerprint density at radius 3 is 2.50 bits per heavy atom. The van der Waals surface area contributed by atoms with Crippen molar-refractivity contribution in [1.29, 1.82) is 0 Å². The molecule has 1 atom stereocenters. The van der Waals surface area contributed by atoms with Crippen LogP contribution in [-0.4, -0.2) is 46.4 Å². The molecule has 178 valence electrons. The molecule has 0 bridgehead atoms. The van der Waals surface area contributed by atoms with E-state index in [1.54, 1.807) is 23.1 Å². The maximum atomic E-state index is 13.3. The Kier molecular flexibility index (Phi) is 6.63. The number of ether oxygens (including phenoxy) is 2. The molecule has 2 aromatic carbocycles. The Balaban J connectivity index is 1.97. The number of aliphatic hydroxyl groups is 1. The van der Waals surface area contributed by atoms with Gasteiger partial charge in [-0.3, -0.25) is 9.59 Å². The first kappa shape index (κ1) is 23.4. The highest BCUT2D eigenvalue weighted by atomic mass is 16.5. The second kappa shape index (κ2) is 9.63. The second-order valence-electron chi connectivity index (χ2n) is 8.23. The lowest BCUT2D eigenvalue weighted by molar-refractivity contribution is -0.139. The van der Waals surface area contributed by atoms with Crippen LogP contribution in [0.3, 0.4) is 0 Å². The van der Waals surface area contributed by atoms with Crippen molar-refractivity contribution in [2.45, 2.75) is 40.2 Å². The van der Waals surface area contributed by atoms with Gasteiger partial charge >= 0.3 is 0 Å². The van der Waals surface area contributed by atoms with Gasteiger partial charge in [0, 0.05) is 34.8 Å². The number of aryl methyl sites for hydroxylation is 1. The lowest BCUT2D eigenvalue weighted by Gasteiger charge is -2.25. The number of Topliss-reactive ketones (excluding diaryl/α,β-unsaturated/α-hetero) is 1. The number of para-hydroxylation sites is 1. The summed E-state index contributed by atoms with van der Waals surface area (Å²) in [5.41, 5.74) is 2.98. The number of benzene rings is 2. The number of ketones is 1. The van der Waals surface area contributed by atoms with Gasteiger partial charge in [0.05, 0.1) is 30.4 Å². The number of H-pyrrole nitrogens is 1. The zero-order chi connectivity index (χ0) is 24.4. The van der Waals surface area contributed by atoms with E-state index in [0.717, 1.165) is 22.2 Å². The Morgan fingerprint density at radius 1 is 1.06 bits per heavy atom. The third-order valence-electron chi connectivity index (χ3n) is 6.04. The second-order valence-corrected chi connectivity index (χ2v) is 8.23. The summed E-state index contributed by atoms with van der Waals surface area (Å²) in [6, 6.07) is 12.1. The van der Waals surface area contributed by atoms with E-state index in [1.165, 1.54) is 0 Å². The van der Waals surface area contributed by atoms with Crippen LogP contribution in [0.1, 0.15) is 50.1 Å². The molecule has 1 aromatic heterocycles. The molecule has 7 heteroatoms. The minimum atomic E-state index is -0.711. The van der Waals surface area contributed by atoms with Crippen LogP contribution < -0.4 is 9.47 Å². The molecule has 7 nitrogen and oxygen atoms in total. The third kappa shape index (κ3) is 3.91. The monoisotopic (exact) mass is 462 g/mol. The lowest BCUT2D eigenvalue weighted by Crippen LogP contribution is -2.30. The molecule has 0 spiro atoms. The zero-order valence-corrected chi connectivity index (χ0v) is 20.0. The molecular weight excluding hydrogens is 432 g/mol. The Bertz CT molecular complexity index is 1270. The Hall–Kier alpha value is -3.74. The summed E-state index contributed by atoms with van der Waals surface area (Å²) in [5, 5.41) is 12.4. The molecule has 3 aromatic rings. The standard InChI is InChI=1S/C27H30N2O5/c1-5-14-29-24(22-16(4)28-20-11-9-8-10-18(20)22)23(26(31)27(29)32)25(30)19-13-12-17(33-6-2)15-21(19)34-7-3/h8-13,15,24,28,30H,5-7,14H2,1-4H3/b25-23+. The number of nitrogens with one attached hydrogen (secondary N) is 1. The van der Waals surface area contributed by atoms with E-state index in [2.05, 4.69) is 4.98 Å². The van der Waals surface area contributed by atoms with Gasteiger partial charge in [0.25, 0.3) is 11.7 Å². The van der Waals surface area contributed by atoms with Crippen LogP contribution in [0.5, 0.6) is 11.5 Å². The lowest BCUT2D eigenvalue weighted by atomic mass is 9.93. The molecule has 1 fully saturated rings. The maximum Gasteiger partial charge on any atom is 0.295 e. The summed E-state index contributed by atoms with van der Waals surface area (Å²) in [5.74, 6) is -0.572. The number of likely N-dealkylation sites (tertiary alicyclic amines) is 1. The van der Waals surface area contributed by atoms with Gasteiger partial charge in [0.2, 0.25) is 0 Å². The van der Waals surface area contributed by atoms with E-state index in [-0.39, 0.29) is 11.3 Å². The molecule has 34 heavy (non-hydrogen) atoms. The van der Waals surface area contributed by atoms with Crippen LogP contribution >= 0.6 is 0 Å². The number of nitrogens with zero attached hydrogens (tertiary/aromatic N) is 1. The molecule has 0 aliphatic carbocycles. The van der Waals surface area contributed by atoms with Gasteiger partial charge in [0.15, 0.2) is 0 Å². The highest BCUT2D eigenvalue weighted by Gasteiger charge is 2.47. The first-order valence-electron chi connectivity index (χ1n) is 11.7. The van der Waals surface area contributed by atoms with E-state index in [0.29, 0.717) is 43.2 Å². The number of carbonyl (C=O) groups excluding carboxylic acids is 2.